The van der Waals surface area contributed by atoms with E-state index in [4.69, 9.17) is 4.11 Å². The minimum atomic E-state index is -2.13. The lowest BCUT2D eigenvalue weighted by Gasteiger charge is -2.10. The summed E-state index contributed by atoms with van der Waals surface area (Å²) in [6, 6.07) is 11.6. The van der Waals surface area contributed by atoms with E-state index < -0.39 is 6.85 Å². The minimum absolute atomic E-state index is 0.336. The number of nitrogens with zero attached hydrogens (tertiary/aromatic N) is 2. The summed E-state index contributed by atoms with van der Waals surface area (Å²) in [5.41, 5.74) is 4.92. The summed E-state index contributed by atoms with van der Waals surface area (Å²) in [6.45, 7) is 4.06. The second-order valence-corrected chi connectivity index (χ2v) is 5.74. The van der Waals surface area contributed by atoms with Crippen LogP contribution in [-0.4, -0.2) is 9.97 Å². The number of hydrogen-bond acceptors (Lipinski definition) is 2. The first-order valence-corrected chi connectivity index (χ1v) is 7.13. The minimum Gasteiger partial charge on any atom is -0.236 e. The average molecular weight is 279 g/mol. The molecule has 0 fully saturated rings. The van der Waals surface area contributed by atoms with Gasteiger partial charge in [-0.05, 0) is 43.5 Å². The van der Waals surface area contributed by atoms with Gasteiger partial charge in [0.25, 0.3) is 0 Å². The topological polar surface area (TPSA) is 25.8 Å². The van der Waals surface area contributed by atoms with Crippen LogP contribution in [0.15, 0.2) is 42.7 Å². The highest BCUT2D eigenvalue weighted by molar-refractivity contribution is 5.92. The van der Waals surface area contributed by atoms with Gasteiger partial charge in [0.15, 0.2) is 0 Å². The maximum absolute atomic E-state index is 7.67. The molecule has 3 rings (SSSR count). The quantitative estimate of drug-likeness (QED) is 0.657. The Balaban J connectivity index is 2.21. The van der Waals surface area contributed by atoms with Gasteiger partial charge in [-0.15, -0.1) is 0 Å². The van der Waals surface area contributed by atoms with Crippen molar-refractivity contribution in [3.8, 4) is 11.3 Å². The third kappa shape index (κ3) is 2.66. The Morgan fingerprint density at radius 1 is 1.00 bits per heavy atom. The fraction of sp³-hybridized carbons (Fsp3) is 0.263. The van der Waals surface area contributed by atoms with Gasteiger partial charge in [0.2, 0.25) is 0 Å². The first kappa shape index (κ1) is 10.5. The monoisotopic (exact) mass is 279 g/mol. The average Bonchev–Trinajstić information content (AvgIpc) is 2.52. The normalized spacial score (nSPS) is 14.0. The lowest BCUT2D eigenvalue weighted by atomic mass is 9.98. The van der Waals surface area contributed by atoms with Crippen molar-refractivity contribution in [1.29, 1.82) is 0 Å². The van der Waals surface area contributed by atoms with Gasteiger partial charge >= 0.3 is 0 Å². The van der Waals surface area contributed by atoms with Crippen LogP contribution in [0.2, 0.25) is 0 Å². The van der Waals surface area contributed by atoms with Crippen LogP contribution in [0.3, 0.4) is 0 Å². The molecule has 106 valence electrons. The summed E-state index contributed by atoms with van der Waals surface area (Å²) in [4.78, 5) is 8.80. The molecule has 0 unspecified atom stereocenters. The van der Waals surface area contributed by atoms with Gasteiger partial charge in [-0.25, -0.2) is 9.97 Å². The van der Waals surface area contributed by atoms with E-state index in [-0.39, 0.29) is 0 Å². The van der Waals surface area contributed by atoms with E-state index in [0.29, 0.717) is 11.5 Å². The predicted molar refractivity (Wildman–Crippen MR) is 88.5 cm³/mol. The van der Waals surface area contributed by atoms with Crippen LogP contribution < -0.4 is 0 Å². The molecule has 0 saturated heterocycles. The first-order chi connectivity index (χ1) is 11.3. The molecule has 0 N–H and O–H groups in total. The van der Waals surface area contributed by atoms with Crippen molar-refractivity contribution in [1.82, 2.24) is 9.97 Å². The Morgan fingerprint density at radius 3 is 2.57 bits per heavy atom. The predicted octanol–water partition coefficient (Wildman–Crippen LogP) is 5.04. The van der Waals surface area contributed by atoms with E-state index in [9.17, 15) is 0 Å². The van der Waals surface area contributed by atoms with Crippen LogP contribution in [0.1, 0.15) is 40.6 Å². The van der Waals surface area contributed by atoms with Gasteiger partial charge in [0.1, 0.15) is 6.33 Å². The Bertz CT molecular complexity index is 899. The van der Waals surface area contributed by atoms with Crippen LogP contribution >= 0.6 is 0 Å². The molecule has 0 saturated carbocycles. The molecule has 0 atom stereocenters. The van der Waals surface area contributed by atoms with E-state index in [2.05, 4.69) is 35.9 Å². The molecule has 2 heteroatoms. The molecule has 0 bridgehead atoms. The van der Waals surface area contributed by atoms with Crippen molar-refractivity contribution < 1.29 is 4.11 Å². The van der Waals surface area contributed by atoms with E-state index in [1.165, 1.54) is 5.56 Å². The second-order valence-electron chi connectivity index (χ2n) is 5.74. The summed E-state index contributed by atoms with van der Waals surface area (Å²) >= 11 is 0. The Labute approximate surface area is 130 Å². The van der Waals surface area contributed by atoms with Crippen molar-refractivity contribution in [2.75, 3.05) is 0 Å². The zero-order chi connectivity index (χ0) is 17.5. The molecule has 21 heavy (non-hydrogen) atoms. The van der Waals surface area contributed by atoms with E-state index in [1.807, 2.05) is 19.1 Å². The van der Waals surface area contributed by atoms with Crippen molar-refractivity contribution in [3.05, 3.63) is 59.4 Å². The van der Waals surface area contributed by atoms with E-state index in [0.717, 1.165) is 27.7 Å². The highest BCUT2D eigenvalue weighted by Gasteiger charge is 2.09. The molecule has 0 aliphatic rings. The van der Waals surface area contributed by atoms with Crippen LogP contribution in [0, 0.1) is 13.8 Å². The number of fused-ring (bicyclic) bond motifs is 1. The van der Waals surface area contributed by atoms with Gasteiger partial charge in [-0.1, -0.05) is 43.2 Å². The van der Waals surface area contributed by atoms with Gasteiger partial charge < -0.3 is 0 Å². The summed E-state index contributed by atoms with van der Waals surface area (Å²) < 4.78 is 23.0. The van der Waals surface area contributed by atoms with Crippen molar-refractivity contribution in [2.45, 2.75) is 33.5 Å². The molecule has 0 aliphatic heterocycles. The fourth-order valence-corrected chi connectivity index (χ4v) is 2.58. The molecule has 2 nitrogen and oxygen atoms in total. The largest absolute Gasteiger partial charge is 0.236 e. The number of aryl methyl sites for hydroxylation is 2. The fourth-order valence-electron chi connectivity index (χ4n) is 2.58. The Hall–Kier alpha value is -2.22. The molecular weight excluding hydrogens is 256 g/mol. The molecular formula is C19H20N2. The molecule has 1 heterocycles. The van der Waals surface area contributed by atoms with Crippen LogP contribution in [-0.2, 0) is 0 Å². The molecule has 1 aromatic heterocycles. The molecule has 3 aromatic rings. The van der Waals surface area contributed by atoms with Crippen molar-refractivity contribution in [2.24, 2.45) is 0 Å². The first-order valence-electron chi connectivity index (χ1n) is 8.63. The third-order valence-electron chi connectivity index (χ3n) is 3.68. The number of rotatable bonds is 2. The summed E-state index contributed by atoms with van der Waals surface area (Å²) in [6.07, 6.45) is 1.54. The SMILES string of the molecule is [2H]C([2H])([2H])c1cc(C)cc(-c2ncnc3cc(C(C)C)ccc23)c1. The molecule has 0 aliphatic carbocycles. The molecule has 0 amide bonds. The number of hydrogen-bond donors (Lipinski definition) is 0. The van der Waals surface area contributed by atoms with Crippen molar-refractivity contribution >= 4 is 10.9 Å². The van der Waals surface area contributed by atoms with Crippen molar-refractivity contribution in [3.63, 3.8) is 0 Å². The summed E-state index contributed by atoms with van der Waals surface area (Å²) in [5.74, 6) is 0.425. The van der Waals surface area contributed by atoms with Gasteiger partial charge in [0.05, 0.1) is 11.2 Å². The van der Waals surface area contributed by atoms with Gasteiger partial charge in [0, 0.05) is 15.1 Å². The Kier molecular flexibility index (Phi) is 2.64. The molecule has 0 radical (unpaired) electrons. The maximum atomic E-state index is 7.67. The maximum Gasteiger partial charge on any atom is 0.116 e. The number of aromatic nitrogens is 2. The van der Waals surface area contributed by atoms with Crippen LogP contribution in [0.25, 0.3) is 22.2 Å². The summed E-state index contributed by atoms with van der Waals surface area (Å²) in [7, 11) is 0. The lowest BCUT2D eigenvalue weighted by molar-refractivity contribution is 0.868. The van der Waals surface area contributed by atoms with E-state index in [1.54, 1.807) is 18.5 Å². The van der Waals surface area contributed by atoms with Gasteiger partial charge in [-0.3, -0.25) is 0 Å². The molecule has 2 aromatic carbocycles. The van der Waals surface area contributed by atoms with Crippen LogP contribution in [0.5, 0.6) is 0 Å². The summed E-state index contributed by atoms with van der Waals surface area (Å²) in [5, 5.41) is 0.934. The lowest BCUT2D eigenvalue weighted by Crippen LogP contribution is -1.93. The zero-order valence-electron chi connectivity index (χ0n) is 15.5. The smallest absolute Gasteiger partial charge is 0.116 e. The number of benzene rings is 2. The third-order valence-corrected chi connectivity index (χ3v) is 3.68. The second kappa shape index (κ2) is 5.28. The van der Waals surface area contributed by atoms with E-state index >= 15 is 0 Å². The zero-order valence-corrected chi connectivity index (χ0v) is 12.5. The molecule has 0 spiro atoms. The van der Waals surface area contributed by atoms with Crippen LogP contribution in [0.4, 0.5) is 0 Å². The standard InChI is InChI=1S/C19H20N2/c1-12(2)15-5-6-17-18(10-15)20-11-21-19(17)16-8-13(3)7-14(4)9-16/h5-12H,1-4H3/i3D3. The Morgan fingerprint density at radius 2 is 1.81 bits per heavy atom. The van der Waals surface area contributed by atoms with Gasteiger partial charge in [-0.2, -0.15) is 0 Å². The highest BCUT2D eigenvalue weighted by Crippen LogP contribution is 2.28. The highest BCUT2D eigenvalue weighted by atomic mass is 14.8.